The molecule has 0 radical (unpaired) electrons. The van der Waals surface area contributed by atoms with Crippen molar-refractivity contribution in [3.8, 4) is 5.75 Å². The highest BCUT2D eigenvalue weighted by Gasteiger charge is 2.28. The zero-order valence-electron chi connectivity index (χ0n) is 14.1. The highest BCUT2D eigenvalue weighted by Crippen LogP contribution is 2.34. The van der Waals surface area contributed by atoms with Crippen LogP contribution in [0.5, 0.6) is 5.75 Å². The van der Waals surface area contributed by atoms with Gasteiger partial charge in [0, 0.05) is 32.7 Å². The van der Waals surface area contributed by atoms with Crippen molar-refractivity contribution in [1.29, 1.82) is 0 Å². The summed E-state index contributed by atoms with van der Waals surface area (Å²) in [6.07, 6.45) is 2.43. The first-order chi connectivity index (χ1) is 11.8. The molecule has 7 heteroatoms. The molecule has 1 saturated heterocycles. The first kappa shape index (κ1) is 15.5. The lowest BCUT2D eigenvalue weighted by molar-refractivity contribution is 0.118. The Balaban J connectivity index is 1.27. The molecule has 24 heavy (non-hydrogen) atoms. The number of aromatic nitrogens is 4. The maximum atomic E-state index is 5.22. The molecule has 2 fully saturated rings. The molecule has 0 N–H and O–H groups in total. The lowest BCUT2D eigenvalue weighted by Gasteiger charge is -2.34. The van der Waals surface area contributed by atoms with E-state index >= 15 is 0 Å². The van der Waals surface area contributed by atoms with Crippen molar-refractivity contribution in [2.45, 2.75) is 32.0 Å². The van der Waals surface area contributed by atoms with Crippen LogP contribution in [-0.4, -0.2) is 63.3 Å². The molecule has 0 atom stereocenters. The van der Waals surface area contributed by atoms with Gasteiger partial charge in [0.15, 0.2) is 5.82 Å². The third-order valence-electron chi connectivity index (χ3n) is 4.85. The van der Waals surface area contributed by atoms with Crippen LogP contribution in [0.4, 0.5) is 0 Å². The monoisotopic (exact) mass is 328 g/mol. The van der Waals surface area contributed by atoms with Crippen LogP contribution >= 0.6 is 0 Å². The van der Waals surface area contributed by atoms with Crippen molar-refractivity contribution < 1.29 is 4.74 Å². The minimum Gasteiger partial charge on any atom is -0.497 e. The molecule has 0 bridgehead atoms. The van der Waals surface area contributed by atoms with Gasteiger partial charge in [-0.2, -0.15) is 0 Å². The van der Waals surface area contributed by atoms with E-state index in [9.17, 15) is 0 Å². The number of hydrogen-bond acceptors (Lipinski definition) is 6. The summed E-state index contributed by atoms with van der Waals surface area (Å²) in [6, 6.07) is 8.91. The number of piperazine rings is 1. The largest absolute Gasteiger partial charge is 0.497 e. The van der Waals surface area contributed by atoms with E-state index in [0.717, 1.165) is 50.8 Å². The Bertz CT molecular complexity index is 658. The minimum absolute atomic E-state index is 0.548. The van der Waals surface area contributed by atoms with Gasteiger partial charge in [0.1, 0.15) is 5.75 Å². The molecule has 1 aromatic heterocycles. The van der Waals surface area contributed by atoms with Gasteiger partial charge >= 0.3 is 0 Å². The normalized spacial score (nSPS) is 19.5. The van der Waals surface area contributed by atoms with Crippen LogP contribution in [0.1, 0.15) is 30.3 Å². The number of hydrogen-bond donors (Lipinski definition) is 0. The Hall–Kier alpha value is -1.99. The van der Waals surface area contributed by atoms with Crippen LogP contribution in [0.25, 0.3) is 0 Å². The van der Waals surface area contributed by atoms with E-state index in [2.05, 4.69) is 37.5 Å². The van der Waals surface area contributed by atoms with E-state index in [-0.39, 0.29) is 0 Å². The summed E-state index contributed by atoms with van der Waals surface area (Å²) in [5.74, 6) is 1.93. The average Bonchev–Trinajstić information content (AvgIpc) is 3.37. The first-order valence-electron chi connectivity index (χ1n) is 8.66. The van der Waals surface area contributed by atoms with Gasteiger partial charge in [-0.25, -0.2) is 4.68 Å². The summed E-state index contributed by atoms with van der Waals surface area (Å²) >= 11 is 0. The predicted octanol–water partition coefficient (Wildman–Crippen LogP) is 1.33. The molecule has 2 heterocycles. The van der Waals surface area contributed by atoms with Crippen LogP contribution in [0.2, 0.25) is 0 Å². The molecular formula is C17H24N6O. The van der Waals surface area contributed by atoms with Crippen molar-refractivity contribution in [3.63, 3.8) is 0 Å². The molecular weight excluding hydrogens is 304 g/mol. The second-order valence-corrected chi connectivity index (χ2v) is 6.67. The Morgan fingerprint density at radius 3 is 2.29 bits per heavy atom. The number of nitrogens with zero attached hydrogens (tertiary/aromatic N) is 6. The Kier molecular flexibility index (Phi) is 4.44. The second-order valence-electron chi connectivity index (χ2n) is 6.67. The molecule has 0 unspecified atom stereocenters. The Labute approximate surface area is 142 Å². The van der Waals surface area contributed by atoms with Gasteiger partial charge in [-0.1, -0.05) is 12.1 Å². The number of ether oxygens (including phenoxy) is 1. The number of rotatable bonds is 6. The molecule has 0 spiro atoms. The van der Waals surface area contributed by atoms with Gasteiger partial charge in [-0.05, 0) is 41.0 Å². The van der Waals surface area contributed by atoms with E-state index in [1.807, 2.05) is 16.8 Å². The zero-order chi connectivity index (χ0) is 16.4. The first-order valence-corrected chi connectivity index (χ1v) is 8.66. The number of methoxy groups -OCH3 is 1. The molecule has 1 aliphatic carbocycles. The molecule has 128 valence electrons. The van der Waals surface area contributed by atoms with Crippen LogP contribution in [0.15, 0.2) is 24.3 Å². The second kappa shape index (κ2) is 6.86. The smallest absolute Gasteiger partial charge is 0.165 e. The van der Waals surface area contributed by atoms with Gasteiger partial charge in [0.2, 0.25) is 0 Å². The highest BCUT2D eigenvalue weighted by atomic mass is 16.5. The van der Waals surface area contributed by atoms with E-state index in [4.69, 9.17) is 4.74 Å². The summed E-state index contributed by atoms with van der Waals surface area (Å²) in [4.78, 5) is 4.96. The van der Waals surface area contributed by atoms with Gasteiger partial charge in [0.05, 0.1) is 19.7 Å². The maximum absolute atomic E-state index is 5.22. The summed E-state index contributed by atoms with van der Waals surface area (Å²) in [6.45, 7) is 6.15. The molecule has 2 aromatic rings. The standard InChI is InChI=1S/C17H24N6O/c1-24-16-6-2-14(3-7-16)12-21-8-10-22(11-9-21)13-17-18-19-20-23(17)15-4-5-15/h2-3,6-7,15H,4-5,8-13H2,1H3. The van der Waals surface area contributed by atoms with Crippen LogP contribution in [0.3, 0.4) is 0 Å². The number of benzene rings is 1. The molecule has 7 nitrogen and oxygen atoms in total. The average molecular weight is 328 g/mol. The summed E-state index contributed by atoms with van der Waals surface area (Å²) in [5.41, 5.74) is 1.34. The fraction of sp³-hybridized carbons (Fsp3) is 0.588. The van der Waals surface area contributed by atoms with E-state index in [0.29, 0.717) is 6.04 Å². The molecule has 2 aliphatic rings. The Morgan fingerprint density at radius 1 is 1.00 bits per heavy atom. The van der Waals surface area contributed by atoms with Crippen LogP contribution < -0.4 is 4.74 Å². The highest BCUT2D eigenvalue weighted by molar-refractivity contribution is 5.27. The van der Waals surface area contributed by atoms with Crippen molar-refractivity contribution >= 4 is 0 Å². The number of tetrazole rings is 1. The fourth-order valence-corrected chi connectivity index (χ4v) is 3.21. The van der Waals surface area contributed by atoms with Gasteiger partial charge < -0.3 is 4.74 Å². The van der Waals surface area contributed by atoms with Gasteiger partial charge in [-0.3, -0.25) is 9.80 Å². The zero-order valence-corrected chi connectivity index (χ0v) is 14.1. The molecule has 0 amide bonds. The topological polar surface area (TPSA) is 59.3 Å². The van der Waals surface area contributed by atoms with Crippen molar-refractivity contribution in [2.75, 3.05) is 33.3 Å². The molecule has 1 saturated carbocycles. The predicted molar refractivity (Wildman–Crippen MR) is 89.6 cm³/mol. The molecule has 4 rings (SSSR count). The van der Waals surface area contributed by atoms with Crippen LogP contribution in [-0.2, 0) is 13.1 Å². The summed E-state index contributed by atoms with van der Waals surface area (Å²) in [5, 5.41) is 12.2. The lowest BCUT2D eigenvalue weighted by atomic mass is 10.2. The maximum Gasteiger partial charge on any atom is 0.165 e. The van der Waals surface area contributed by atoms with E-state index in [1.54, 1.807) is 7.11 Å². The van der Waals surface area contributed by atoms with Crippen molar-refractivity contribution in [1.82, 2.24) is 30.0 Å². The molecule has 1 aliphatic heterocycles. The molecule has 1 aromatic carbocycles. The van der Waals surface area contributed by atoms with Crippen molar-refractivity contribution in [2.24, 2.45) is 0 Å². The quantitative estimate of drug-likeness (QED) is 0.797. The van der Waals surface area contributed by atoms with Gasteiger partial charge in [-0.15, -0.1) is 5.10 Å². The Morgan fingerprint density at radius 2 is 1.67 bits per heavy atom. The third-order valence-corrected chi connectivity index (χ3v) is 4.85. The van der Waals surface area contributed by atoms with E-state index in [1.165, 1.54) is 18.4 Å². The van der Waals surface area contributed by atoms with Gasteiger partial charge in [0.25, 0.3) is 0 Å². The lowest BCUT2D eigenvalue weighted by Crippen LogP contribution is -2.45. The summed E-state index contributed by atoms with van der Waals surface area (Å²) in [7, 11) is 1.70. The summed E-state index contributed by atoms with van der Waals surface area (Å²) < 4.78 is 7.23. The third kappa shape index (κ3) is 3.57. The van der Waals surface area contributed by atoms with Crippen molar-refractivity contribution in [3.05, 3.63) is 35.7 Å². The van der Waals surface area contributed by atoms with E-state index < -0.39 is 0 Å². The minimum atomic E-state index is 0.548. The van der Waals surface area contributed by atoms with Crippen LogP contribution in [0, 0.1) is 0 Å². The SMILES string of the molecule is COc1ccc(CN2CCN(Cc3nnnn3C3CC3)CC2)cc1. The fourth-order valence-electron chi connectivity index (χ4n) is 3.21.